The third-order valence-corrected chi connectivity index (χ3v) is 6.20. The number of carbonyl (C=O) groups excluding carboxylic acids is 1. The molecule has 1 aliphatic heterocycles. The molecule has 148 valence electrons. The third-order valence-electron chi connectivity index (χ3n) is 5.10. The molecule has 1 amide bonds. The lowest BCUT2D eigenvalue weighted by molar-refractivity contribution is -0.126. The maximum absolute atomic E-state index is 12.6. The Hall–Kier alpha value is -3.05. The minimum Gasteiger partial charge on any atom is -0.497 e. The van der Waals surface area contributed by atoms with Gasteiger partial charge in [0, 0.05) is 47.7 Å². The van der Waals surface area contributed by atoms with Crippen molar-refractivity contribution in [1.29, 1.82) is 0 Å². The number of benzene rings is 2. The van der Waals surface area contributed by atoms with E-state index in [2.05, 4.69) is 41.3 Å². The van der Waals surface area contributed by atoms with Gasteiger partial charge in [0.05, 0.1) is 7.11 Å². The smallest absolute Gasteiger partial charge is 0.246 e. The van der Waals surface area contributed by atoms with Crippen LogP contribution in [0.2, 0.25) is 0 Å². The molecule has 1 aliphatic rings. The number of hydrogen-bond acceptors (Lipinski definition) is 4. The van der Waals surface area contributed by atoms with Gasteiger partial charge < -0.3 is 14.5 Å². The number of amides is 1. The molecule has 1 aromatic heterocycles. The summed E-state index contributed by atoms with van der Waals surface area (Å²) in [5, 5.41) is 0. The van der Waals surface area contributed by atoms with Crippen LogP contribution in [0.3, 0.4) is 0 Å². The van der Waals surface area contributed by atoms with E-state index in [0.29, 0.717) is 0 Å². The van der Waals surface area contributed by atoms with Crippen molar-refractivity contribution in [3.05, 3.63) is 77.7 Å². The van der Waals surface area contributed by atoms with Crippen LogP contribution in [0.4, 0.5) is 5.69 Å². The van der Waals surface area contributed by atoms with Crippen molar-refractivity contribution in [2.45, 2.75) is 0 Å². The van der Waals surface area contributed by atoms with Gasteiger partial charge in [-0.15, -0.1) is 11.3 Å². The normalized spacial score (nSPS) is 14.4. The van der Waals surface area contributed by atoms with Crippen molar-refractivity contribution in [2.75, 3.05) is 38.2 Å². The Bertz CT molecular complexity index is 972. The lowest BCUT2D eigenvalue weighted by Gasteiger charge is -2.35. The predicted molar refractivity (Wildman–Crippen MR) is 121 cm³/mol. The maximum Gasteiger partial charge on any atom is 0.246 e. The van der Waals surface area contributed by atoms with E-state index in [1.54, 1.807) is 24.5 Å². The third kappa shape index (κ3) is 4.69. The molecule has 1 saturated heterocycles. The summed E-state index contributed by atoms with van der Waals surface area (Å²) in [7, 11) is 1.67. The molecule has 1 fully saturated rings. The van der Waals surface area contributed by atoms with E-state index in [4.69, 9.17) is 4.74 Å². The van der Waals surface area contributed by atoms with Crippen LogP contribution in [0.1, 0.15) is 4.88 Å². The summed E-state index contributed by atoms with van der Waals surface area (Å²) < 4.78 is 5.22. The first-order valence-electron chi connectivity index (χ1n) is 9.74. The minimum atomic E-state index is 0.0778. The van der Waals surface area contributed by atoms with E-state index in [-0.39, 0.29) is 5.91 Å². The summed E-state index contributed by atoms with van der Waals surface area (Å²) in [6.45, 7) is 3.13. The Morgan fingerprint density at radius 2 is 1.66 bits per heavy atom. The molecule has 0 N–H and O–H groups in total. The second kappa shape index (κ2) is 8.97. The van der Waals surface area contributed by atoms with Gasteiger partial charge >= 0.3 is 0 Å². The zero-order valence-electron chi connectivity index (χ0n) is 16.5. The monoisotopic (exact) mass is 404 g/mol. The van der Waals surface area contributed by atoms with Crippen LogP contribution in [0.25, 0.3) is 16.5 Å². The van der Waals surface area contributed by atoms with Crippen LogP contribution in [0.15, 0.2) is 72.8 Å². The van der Waals surface area contributed by atoms with Crippen LogP contribution in [0.5, 0.6) is 5.75 Å². The van der Waals surface area contributed by atoms with E-state index in [0.717, 1.165) is 36.8 Å². The number of carbonyl (C=O) groups is 1. The van der Waals surface area contributed by atoms with Gasteiger partial charge in [-0.25, -0.2) is 0 Å². The maximum atomic E-state index is 12.6. The first kappa shape index (κ1) is 19.3. The van der Waals surface area contributed by atoms with Gasteiger partial charge in [0.15, 0.2) is 0 Å². The summed E-state index contributed by atoms with van der Waals surface area (Å²) in [5.41, 5.74) is 2.37. The molecule has 2 heterocycles. The number of methoxy groups -OCH3 is 1. The highest BCUT2D eigenvalue weighted by atomic mass is 32.1. The fourth-order valence-corrected chi connectivity index (χ4v) is 4.35. The number of rotatable bonds is 5. The summed E-state index contributed by atoms with van der Waals surface area (Å²) in [5.74, 6) is 0.936. The second-order valence-electron chi connectivity index (χ2n) is 6.91. The molecule has 0 saturated carbocycles. The largest absolute Gasteiger partial charge is 0.497 e. The van der Waals surface area contributed by atoms with Gasteiger partial charge in [-0.2, -0.15) is 0 Å². The highest BCUT2D eigenvalue weighted by Gasteiger charge is 2.19. The number of anilines is 1. The van der Waals surface area contributed by atoms with Crippen molar-refractivity contribution in [3.8, 4) is 16.2 Å². The van der Waals surface area contributed by atoms with Gasteiger partial charge in [-0.05, 0) is 48.0 Å². The molecular weight excluding hydrogens is 380 g/mol. The van der Waals surface area contributed by atoms with Crippen LogP contribution in [-0.2, 0) is 4.79 Å². The number of thiophene rings is 1. The van der Waals surface area contributed by atoms with E-state index < -0.39 is 0 Å². The standard InChI is InChI=1S/C24H24N2O2S/c1-28-21-9-7-20(8-10-21)25-15-17-26(18-16-25)24(27)14-12-22-11-13-23(29-22)19-5-3-2-4-6-19/h2-14H,15-18H2,1H3/b14-12+. The number of piperazine rings is 1. The fourth-order valence-electron chi connectivity index (χ4n) is 3.44. The van der Waals surface area contributed by atoms with E-state index in [1.807, 2.05) is 41.3 Å². The fraction of sp³-hybridized carbons (Fsp3) is 0.208. The summed E-state index contributed by atoms with van der Waals surface area (Å²) >= 11 is 1.70. The Kier molecular flexibility index (Phi) is 5.96. The zero-order chi connectivity index (χ0) is 20.1. The highest BCUT2D eigenvalue weighted by Crippen LogP contribution is 2.28. The summed E-state index contributed by atoms with van der Waals surface area (Å²) in [4.78, 5) is 19.1. The molecule has 0 bridgehead atoms. The average Bonchev–Trinajstić information content (AvgIpc) is 3.27. The molecule has 4 rings (SSSR count). The van der Waals surface area contributed by atoms with Crippen LogP contribution in [-0.4, -0.2) is 44.1 Å². The average molecular weight is 405 g/mol. The summed E-state index contributed by atoms with van der Waals surface area (Å²) in [6, 6.07) is 22.6. The van der Waals surface area contributed by atoms with E-state index >= 15 is 0 Å². The minimum absolute atomic E-state index is 0.0778. The van der Waals surface area contributed by atoms with Gasteiger partial charge in [0.2, 0.25) is 5.91 Å². The highest BCUT2D eigenvalue weighted by molar-refractivity contribution is 7.16. The molecule has 29 heavy (non-hydrogen) atoms. The summed E-state index contributed by atoms with van der Waals surface area (Å²) in [6.07, 6.45) is 3.62. The molecule has 0 aliphatic carbocycles. The van der Waals surface area contributed by atoms with Gasteiger partial charge in [0.1, 0.15) is 5.75 Å². The molecular formula is C24H24N2O2S. The number of nitrogens with zero attached hydrogens (tertiary/aromatic N) is 2. The van der Waals surface area contributed by atoms with Gasteiger partial charge in [-0.3, -0.25) is 4.79 Å². The Morgan fingerprint density at radius 1 is 0.931 bits per heavy atom. The van der Waals surface area contributed by atoms with Crippen molar-refractivity contribution in [1.82, 2.24) is 4.90 Å². The Balaban J connectivity index is 1.32. The van der Waals surface area contributed by atoms with Crippen LogP contribution >= 0.6 is 11.3 Å². The van der Waals surface area contributed by atoms with Crippen molar-refractivity contribution in [2.24, 2.45) is 0 Å². The van der Waals surface area contributed by atoms with Crippen molar-refractivity contribution >= 4 is 29.0 Å². The first-order chi connectivity index (χ1) is 14.2. The lowest BCUT2D eigenvalue weighted by Crippen LogP contribution is -2.48. The zero-order valence-corrected chi connectivity index (χ0v) is 17.3. The predicted octanol–water partition coefficient (Wildman–Crippen LogP) is 4.79. The SMILES string of the molecule is COc1ccc(N2CCN(C(=O)/C=C/c3ccc(-c4ccccc4)s3)CC2)cc1. The quantitative estimate of drug-likeness (QED) is 0.574. The number of ether oxygens (including phenoxy) is 1. The van der Waals surface area contributed by atoms with E-state index in [1.165, 1.54) is 16.1 Å². The Morgan fingerprint density at radius 3 is 2.34 bits per heavy atom. The molecule has 0 unspecified atom stereocenters. The van der Waals surface area contributed by atoms with E-state index in [9.17, 15) is 4.79 Å². The topological polar surface area (TPSA) is 32.8 Å². The molecule has 0 atom stereocenters. The van der Waals surface area contributed by atoms with Crippen molar-refractivity contribution < 1.29 is 9.53 Å². The first-order valence-corrected chi connectivity index (χ1v) is 10.6. The molecule has 3 aromatic rings. The molecule has 5 heteroatoms. The van der Waals surface area contributed by atoms with Gasteiger partial charge in [0.25, 0.3) is 0 Å². The molecule has 0 spiro atoms. The number of hydrogen-bond donors (Lipinski definition) is 0. The lowest BCUT2D eigenvalue weighted by atomic mass is 10.2. The second-order valence-corrected chi connectivity index (χ2v) is 8.03. The van der Waals surface area contributed by atoms with Gasteiger partial charge in [-0.1, -0.05) is 30.3 Å². The molecule has 2 aromatic carbocycles. The molecule has 4 nitrogen and oxygen atoms in total. The van der Waals surface area contributed by atoms with Crippen molar-refractivity contribution in [3.63, 3.8) is 0 Å². The van der Waals surface area contributed by atoms with Crippen LogP contribution in [0, 0.1) is 0 Å². The van der Waals surface area contributed by atoms with Crippen LogP contribution < -0.4 is 9.64 Å². The Labute approximate surface area is 175 Å². The molecule has 0 radical (unpaired) electrons.